The summed E-state index contributed by atoms with van der Waals surface area (Å²) in [7, 11) is 6.04. The molecule has 5 unspecified atom stereocenters. The Morgan fingerprint density at radius 2 is 1.62 bits per heavy atom. The summed E-state index contributed by atoms with van der Waals surface area (Å²) < 4.78 is 37.0. The molecule has 0 amide bonds. The van der Waals surface area contributed by atoms with Gasteiger partial charge in [-0.15, -0.1) is 0 Å². The molecule has 0 saturated heterocycles. The van der Waals surface area contributed by atoms with E-state index in [2.05, 4.69) is 18.7 Å². The van der Waals surface area contributed by atoms with E-state index in [-0.39, 0.29) is 17.6 Å². The summed E-state index contributed by atoms with van der Waals surface area (Å²) in [6.07, 6.45) is 2.74. The highest BCUT2D eigenvalue weighted by Gasteiger charge is 2.41. The normalized spacial score (nSPS) is 28.6. The topological polar surface area (TPSA) is 93.1 Å². The summed E-state index contributed by atoms with van der Waals surface area (Å²) in [6.45, 7) is -5.16. The van der Waals surface area contributed by atoms with Crippen LogP contribution in [-0.2, 0) is 29.8 Å². The molecule has 13 heteroatoms. The Hall–Kier alpha value is 1.71. The minimum atomic E-state index is -4.14. The molecule has 0 spiro atoms. The van der Waals surface area contributed by atoms with Gasteiger partial charge in [0.15, 0.2) is 0 Å². The first-order valence-corrected chi connectivity index (χ1v) is 18.0. The van der Waals surface area contributed by atoms with Crippen LogP contribution < -0.4 is 0 Å². The Balaban J connectivity index is 2.88. The SMILES string of the molecule is [B]C1CC(CC)C(COP(=O)(CP(=O)(OP(O)(O)=S)SCC)SCC)C1. The van der Waals surface area contributed by atoms with Crippen molar-refractivity contribution >= 4 is 62.3 Å². The van der Waals surface area contributed by atoms with Gasteiger partial charge in [-0.2, -0.15) is 0 Å². The van der Waals surface area contributed by atoms with E-state index in [1.165, 1.54) is 0 Å². The first-order valence-electron chi connectivity index (χ1n) is 8.60. The van der Waals surface area contributed by atoms with Crippen LogP contribution in [0.2, 0.25) is 5.82 Å². The van der Waals surface area contributed by atoms with Crippen LogP contribution in [0.15, 0.2) is 0 Å². The Kier molecular flexibility index (Phi) is 11.1. The Morgan fingerprint density at radius 3 is 2.12 bits per heavy atom. The summed E-state index contributed by atoms with van der Waals surface area (Å²) in [4.78, 5) is 18.9. The second-order valence-electron chi connectivity index (χ2n) is 6.23. The van der Waals surface area contributed by atoms with Crippen molar-refractivity contribution in [1.82, 2.24) is 0 Å². The highest BCUT2D eigenvalue weighted by molar-refractivity contribution is 8.63. The third-order valence-electron chi connectivity index (χ3n) is 4.12. The molecule has 5 atom stereocenters. The van der Waals surface area contributed by atoms with Crippen LogP contribution in [0.4, 0.5) is 0 Å². The highest BCUT2D eigenvalue weighted by atomic mass is 32.7. The van der Waals surface area contributed by atoms with E-state index in [1.54, 1.807) is 6.92 Å². The third-order valence-corrected chi connectivity index (χ3v) is 18.1. The van der Waals surface area contributed by atoms with E-state index in [0.29, 0.717) is 24.0 Å². The summed E-state index contributed by atoms with van der Waals surface area (Å²) in [5.74, 6) is 1.33. The van der Waals surface area contributed by atoms with Crippen LogP contribution in [0.5, 0.6) is 0 Å². The average Bonchev–Trinajstić information content (AvgIpc) is 2.83. The van der Waals surface area contributed by atoms with Gasteiger partial charge in [0.1, 0.15) is 5.90 Å². The molecule has 1 aliphatic rings. The van der Waals surface area contributed by atoms with Gasteiger partial charge in [-0.3, -0.25) is 9.13 Å². The van der Waals surface area contributed by atoms with Gasteiger partial charge in [0.2, 0.25) is 0 Å². The zero-order valence-corrected chi connectivity index (χ0v) is 20.5. The molecule has 1 rings (SSSR count). The predicted octanol–water partition coefficient (Wildman–Crippen LogP) is 5.47. The largest absolute Gasteiger partial charge is 0.328 e. The molecule has 0 aromatic carbocycles. The highest BCUT2D eigenvalue weighted by Crippen LogP contribution is 2.77. The molecule has 0 aromatic rings. The van der Waals surface area contributed by atoms with Gasteiger partial charge in [0.05, 0.1) is 14.5 Å². The zero-order valence-electron chi connectivity index (χ0n) is 15.4. The smallest absolute Gasteiger partial charge is 0.324 e. The number of rotatable bonds is 12. The van der Waals surface area contributed by atoms with Crippen LogP contribution in [-0.4, -0.2) is 41.6 Å². The lowest BCUT2D eigenvalue weighted by molar-refractivity contribution is 0.219. The number of hydrogen-bond donors (Lipinski definition) is 2. The van der Waals surface area contributed by atoms with Crippen molar-refractivity contribution in [2.75, 3.05) is 24.0 Å². The van der Waals surface area contributed by atoms with Crippen molar-refractivity contribution in [3.63, 3.8) is 0 Å². The second-order valence-corrected chi connectivity index (χ2v) is 19.7. The van der Waals surface area contributed by atoms with E-state index < -0.39 is 19.9 Å². The molecule has 0 bridgehead atoms. The molecule has 2 radical (unpaired) electrons. The van der Waals surface area contributed by atoms with Gasteiger partial charge < -0.3 is 14.3 Å². The molecular weight excluding hydrogens is 452 g/mol. The molecule has 1 saturated carbocycles. The van der Waals surface area contributed by atoms with Gasteiger partial charge in [0, 0.05) is 0 Å². The molecule has 152 valence electrons. The number of hydrogen-bond acceptors (Lipinski definition) is 7. The maximum atomic E-state index is 13.3. The van der Waals surface area contributed by atoms with Crippen molar-refractivity contribution < 1.29 is 27.8 Å². The predicted molar refractivity (Wildman–Crippen MR) is 118 cm³/mol. The van der Waals surface area contributed by atoms with Crippen LogP contribution in [0.25, 0.3) is 0 Å². The van der Waals surface area contributed by atoms with Gasteiger partial charge in [-0.25, -0.2) is 4.31 Å². The lowest BCUT2D eigenvalue weighted by Gasteiger charge is -2.26. The molecule has 26 heavy (non-hydrogen) atoms. The third kappa shape index (κ3) is 9.03. The van der Waals surface area contributed by atoms with Crippen molar-refractivity contribution in [2.24, 2.45) is 11.8 Å². The first kappa shape index (κ1) is 25.8. The van der Waals surface area contributed by atoms with E-state index in [4.69, 9.17) is 16.7 Å². The molecule has 0 heterocycles. The van der Waals surface area contributed by atoms with Crippen molar-refractivity contribution in [3.05, 3.63) is 0 Å². The summed E-state index contributed by atoms with van der Waals surface area (Å²) >= 11 is 6.47. The van der Waals surface area contributed by atoms with Crippen molar-refractivity contribution in [3.8, 4) is 0 Å². The van der Waals surface area contributed by atoms with Crippen LogP contribution >= 0.6 is 42.6 Å². The molecule has 0 aliphatic heterocycles. The standard InChI is InChI=1S/C13H28BO6P3S3/c1-4-11-7-13(14)8-12(11)9-19-21(15,25-5-2)10-22(16,26-6-3)20-23(17,18)24/h11-13H,4-10H2,1-3H3,(H2,17,18,24). The molecule has 6 nitrogen and oxygen atoms in total. The zero-order chi connectivity index (χ0) is 20.0. The molecule has 1 aliphatic carbocycles. The van der Waals surface area contributed by atoms with E-state index in [1.807, 2.05) is 6.92 Å². The fraction of sp³-hybridized carbons (Fsp3) is 1.00. The summed E-state index contributed by atoms with van der Waals surface area (Å²) in [5.41, 5.74) is 0. The van der Waals surface area contributed by atoms with Crippen molar-refractivity contribution in [1.29, 1.82) is 0 Å². The minimum absolute atomic E-state index is 0.131. The lowest BCUT2D eigenvalue weighted by atomic mass is 9.85. The molecule has 2 N–H and O–H groups in total. The minimum Gasteiger partial charge on any atom is -0.324 e. The molecular formula is C13H28BO6P3S3. The fourth-order valence-electron chi connectivity index (χ4n) is 3.15. The Bertz CT molecular complexity index is 589. The second kappa shape index (κ2) is 11.2. The van der Waals surface area contributed by atoms with Gasteiger partial charge in [-0.1, -0.05) is 68.6 Å². The maximum absolute atomic E-state index is 13.3. The molecule has 0 aromatic heterocycles. The molecule has 1 fully saturated rings. The Morgan fingerprint density at radius 1 is 1.08 bits per heavy atom. The maximum Gasteiger partial charge on any atom is 0.328 e. The average molecular weight is 480 g/mol. The van der Waals surface area contributed by atoms with E-state index in [0.717, 1.165) is 42.0 Å². The van der Waals surface area contributed by atoms with Crippen LogP contribution in [0.1, 0.15) is 40.0 Å². The lowest BCUT2D eigenvalue weighted by Crippen LogP contribution is -2.13. The van der Waals surface area contributed by atoms with E-state index in [9.17, 15) is 18.9 Å². The monoisotopic (exact) mass is 480 g/mol. The van der Waals surface area contributed by atoms with Crippen LogP contribution in [0.3, 0.4) is 0 Å². The van der Waals surface area contributed by atoms with Gasteiger partial charge in [-0.05, 0) is 35.1 Å². The summed E-state index contributed by atoms with van der Waals surface area (Å²) in [5, 5.41) is 0. The van der Waals surface area contributed by atoms with Crippen LogP contribution in [0, 0.1) is 11.8 Å². The van der Waals surface area contributed by atoms with Gasteiger partial charge in [0.25, 0.3) is 13.1 Å². The quantitative estimate of drug-likeness (QED) is 0.279. The Labute approximate surface area is 171 Å². The first-order chi connectivity index (χ1) is 12.0. The van der Waals surface area contributed by atoms with Crippen molar-refractivity contribution in [2.45, 2.75) is 45.9 Å². The van der Waals surface area contributed by atoms with E-state index >= 15 is 0 Å². The fourth-order valence-corrected chi connectivity index (χ4v) is 19.5. The summed E-state index contributed by atoms with van der Waals surface area (Å²) in [6, 6.07) is 0. The van der Waals surface area contributed by atoms with Gasteiger partial charge >= 0.3 is 6.72 Å².